The molecule has 0 radical (unpaired) electrons. The van der Waals surface area contributed by atoms with Gasteiger partial charge in [0.25, 0.3) is 0 Å². The summed E-state index contributed by atoms with van der Waals surface area (Å²) in [6.45, 7) is 2.57. The van der Waals surface area contributed by atoms with Crippen LogP contribution in [-0.2, 0) is 16.8 Å². The molecule has 2 N–H and O–H groups in total. The third-order valence-corrected chi connectivity index (χ3v) is 3.56. The lowest BCUT2D eigenvalue weighted by Crippen LogP contribution is -2.47. The summed E-state index contributed by atoms with van der Waals surface area (Å²) >= 11 is 0. The second-order valence-electron chi connectivity index (χ2n) is 4.44. The largest absolute Gasteiger partial charge is 0.480 e. The zero-order valence-electron chi connectivity index (χ0n) is 9.35. The van der Waals surface area contributed by atoms with Crippen molar-refractivity contribution in [3.63, 3.8) is 0 Å². The van der Waals surface area contributed by atoms with Gasteiger partial charge in [-0.3, -0.25) is 9.36 Å². The summed E-state index contributed by atoms with van der Waals surface area (Å²) in [5, 5.41) is 20.7. The second-order valence-corrected chi connectivity index (χ2v) is 4.44. The zero-order chi connectivity index (χ0) is 11.9. The summed E-state index contributed by atoms with van der Waals surface area (Å²) in [5.41, 5.74) is -0.913. The van der Waals surface area contributed by atoms with Crippen LogP contribution >= 0.6 is 0 Å². The molecule has 0 aromatic carbocycles. The molecule has 1 aromatic rings. The van der Waals surface area contributed by atoms with E-state index in [1.807, 2.05) is 0 Å². The first-order valence-electron chi connectivity index (χ1n) is 5.75. The van der Waals surface area contributed by atoms with Crippen molar-refractivity contribution in [3.05, 3.63) is 5.82 Å². The molecule has 0 amide bonds. The lowest BCUT2D eigenvalue weighted by Gasteiger charge is -2.32. The Hall–Kier alpha value is -1.63. The van der Waals surface area contributed by atoms with E-state index in [1.54, 1.807) is 4.57 Å². The molecule has 3 heterocycles. The normalized spacial score (nSPS) is 21.9. The van der Waals surface area contributed by atoms with Crippen molar-refractivity contribution in [2.45, 2.75) is 24.8 Å². The molecule has 2 aliphatic rings. The predicted octanol–water partition coefficient (Wildman–Crippen LogP) is -0.624. The summed E-state index contributed by atoms with van der Waals surface area (Å²) in [5.74, 6) is -0.278. The minimum atomic E-state index is -0.913. The summed E-state index contributed by atoms with van der Waals surface area (Å²) in [6, 6.07) is 0.444. The van der Waals surface area contributed by atoms with Crippen LogP contribution in [0.4, 0.5) is 0 Å². The quantitative estimate of drug-likeness (QED) is 0.713. The predicted molar refractivity (Wildman–Crippen MR) is 56.9 cm³/mol. The van der Waals surface area contributed by atoms with Crippen LogP contribution in [0, 0.1) is 0 Å². The highest BCUT2D eigenvalue weighted by Gasteiger charge is 2.46. The van der Waals surface area contributed by atoms with Crippen LogP contribution in [-0.4, -0.2) is 45.5 Å². The molecule has 7 nitrogen and oxygen atoms in total. The van der Waals surface area contributed by atoms with Crippen LogP contribution in [0.25, 0.3) is 0 Å². The average molecular weight is 238 g/mol. The first-order valence-corrected chi connectivity index (χ1v) is 5.75. The summed E-state index contributed by atoms with van der Waals surface area (Å²) in [6.07, 6.45) is 1.08. The van der Waals surface area contributed by atoms with E-state index in [0.717, 1.165) is 0 Å². The number of carboxylic acids is 1. The van der Waals surface area contributed by atoms with Crippen LogP contribution < -0.4 is 10.1 Å². The van der Waals surface area contributed by atoms with Gasteiger partial charge in [0.15, 0.2) is 5.82 Å². The number of carbonyl (C=O) groups is 1. The topological polar surface area (TPSA) is 89.3 Å². The molecule has 7 heteroatoms. The Morgan fingerprint density at radius 1 is 1.41 bits per heavy atom. The molecule has 0 spiro atoms. The van der Waals surface area contributed by atoms with Gasteiger partial charge < -0.3 is 15.2 Å². The molecular weight excluding hydrogens is 224 g/mol. The van der Waals surface area contributed by atoms with E-state index in [-0.39, 0.29) is 0 Å². The van der Waals surface area contributed by atoms with Gasteiger partial charge in [-0.2, -0.15) is 0 Å². The van der Waals surface area contributed by atoms with Crippen molar-refractivity contribution in [2.75, 3.05) is 19.7 Å². The third-order valence-electron chi connectivity index (χ3n) is 3.56. The van der Waals surface area contributed by atoms with E-state index < -0.39 is 11.4 Å². The van der Waals surface area contributed by atoms with Gasteiger partial charge >= 0.3 is 12.0 Å². The fraction of sp³-hybridized carbons (Fsp3) is 0.700. The highest BCUT2D eigenvalue weighted by Crippen LogP contribution is 2.35. The fourth-order valence-corrected chi connectivity index (χ4v) is 2.57. The Kier molecular flexibility index (Phi) is 2.29. The number of nitrogens with zero attached hydrogens (tertiary/aromatic N) is 3. The molecule has 1 fully saturated rings. The van der Waals surface area contributed by atoms with E-state index in [2.05, 4.69) is 15.5 Å². The van der Waals surface area contributed by atoms with Gasteiger partial charge in [0.05, 0.1) is 6.54 Å². The molecular formula is C10H14N4O3. The minimum absolute atomic E-state index is 0.444. The molecule has 2 aliphatic heterocycles. The highest BCUT2D eigenvalue weighted by atomic mass is 16.5. The van der Waals surface area contributed by atoms with Gasteiger partial charge in [0.1, 0.15) is 12.0 Å². The van der Waals surface area contributed by atoms with Crippen LogP contribution in [0.3, 0.4) is 0 Å². The molecule has 1 aromatic heterocycles. The highest BCUT2D eigenvalue weighted by molar-refractivity contribution is 5.80. The maximum Gasteiger partial charge on any atom is 0.317 e. The number of fused-ring (bicyclic) bond motifs is 1. The van der Waals surface area contributed by atoms with Crippen LogP contribution in [0.2, 0.25) is 0 Å². The van der Waals surface area contributed by atoms with Crippen molar-refractivity contribution in [2.24, 2.45) is 0 Å². The van der Waals surface area contributed by atoms with Crippen molar-refractivity contribution in [3.8, 4) is 6.01 Å². The lowest BCUT2D eigenvalue weighted by atomic mass is 9.78. The number of rotatable bonds is 2. The standard InChI is InChI=1S/C10H14N4O3/c15-8(16)10(1-3-11-4-2-10)7-12-13-9-14(7)5-6-17-9/h11H,1-6H2,(H,15,16). The summed E-state index contributed by atoms with van der Waals surface area (Å²) in [4.78, 5) is 11.6. The number of piperidine rings is 1. The number of hydrogen-bond acceptors (Lipinski definition) is 5. The van der Waals surface area contributed by atoms with Gasteiger partial charge in [-0.05, 0) is 25.9 Å². The van der Waals surface area contributed by atoms with Gasteiger partial charge in [-0.25, -0.2) is 0 Å². The van der Waals surface area contributed by atoms with E-state index in [4.69, 9.17) is 4.74 Å². The van der Waals surface area contributed by atoms with Gasteiger partial charge in [0.2, 0.25) is 0 Å². The van der Waals surface area contributed by atoms with Crippen LogP contribution in [0.15, 0.2) is 0 Å². The maximum atomic E-state index is 11.6. The number of aliphatic carboxylic acids is 1. The number of ether oxygens (including phenoxy) is 1. The van der Waals surface area contributed by atoms with Gasteiger partial charge in [-0.15, -0.1) is 5.10 Å². The van der Waals surface area contributed by atoms with E-state index in [1.165, 1.54) is 0 Å². The van der Waals surface area contributed by atoms with Gasteiger partial charge in [0, 0.05) is 0 Å². The monoisotopic (exact) mass is 238 g/mol. The van der Waals surface area contributed by atoms with Crippen molar-refractivity contribution in [1.82, 2.24) is 20.1 Å². The van der Waals surface area contributed by atoms with E-state index >= 15 is 0 Å². The fourth-order valence-electron chi connectivity index (χ4n) is 2.57. The van der Waals surface area contributed by atoms with E-state index in [0.29, 0.717) is 50.9 Å². The number of hydrogen-bond donors (Lipinski definition) is 2. The number of nitrogens with one attached hydrogen (secondary N) is 1. The molecule has 0 saturated carbocycles. The smallest absolute Gasteiger partial charge is 0.317 e. The SMILES string of the molecule is O=C(O)C1(c2nnc3n2CCO3)CCNCC1. The Balaban J connectivity index is 2.06. The molecule has 0 unspecified atom stereocenters. The first kappa shape index (κ1) is 10.5. The average Bonchev–Trinajstić information content (AvgIpc) is 2.91. The van der Waals surface area contributed by atoms with Crippen LogP contribution in [0.1, 0.15) is 18.7 Å². The Bertz CT molecular complexity index is 450. The maximum absolute atomic E-state index is 11.6. The molecule has 0 bridgehead atoms. The summed E-state index contributed by atoms with van der Waals surface area (Å²) in [7, 11) is 0. The lowest BCUT2D eigenvalue weighted by molar-refractivity contribution is -0.145. The number of aromatic nitrogens is 3. The first-order chi connectivity index (χ1) is 8.24. The zero-order valence-corrected chi connectivity index (χ0v) is 9.35. The van der Waals surface area contributed by atoms with Crippen molar-refractivity contribution >= 4 is 5.97 Å². The summed E-state index contributed by atoms with van der Waals surface area (Å²) < 4.78 is 7.07. The molecule has 0 atom stereocenters. The number of carboxylic acid groups (broad SMARTS) is 1. The molecule has 1 saturated heterocycles. The molecule has 3 rings (SSSR count). The van der Waals surface area contributed by atoms with Gasteiger partial charge in [-0.1, -0.05) is 5.10 Å². The molecule has 17 heavy (non-hydrogen) atoms. The molecule has 92 valence electrons. The third kappa shape index (κ3) is 1.42. The Morgan fingerprint density at radius 2 is 2.18 bits per heavy atom. The van der Waals surface area contributed by atoms with Crippen LogP contribution in [0.5, 0.6) is 6.01 Å². The molecule has 0 aliphatic carbocycles. The Labute approximate surface area is 97.8 Å². The van der Waals surface area contributed by atoms with Crippen molar-refractivity contribution in [1.29, 1.82) is 0 Å². The second kappa shape index (κ2) is 3.69. The van der Waals surface area contributed by atoms with Crippen molar-refractivity contribution < 1.29 is 14.6 Å². The van der Waals surface area contributed by atoms with E-state index in [9.17, 15) is 9.90 Å². The Morgan fingerprint density at radius 3 is 2.88 bits per heavy atom. The minimum Gasteiger partial charge on any atom is -0.480 e.